The first kappa shape index (κ1) is 19.0. The van der Waals surface area contributed by atoms with E-state index in [9.17, 15) is 26.8 Å². The van der Waals surface area contributed by atoms with Crippen molar-refractivity contribution < 1.29 is 31.5 Å². The third kappa shape index (κ3) is 5.27. The highest BCUT2D eigenvalue weighted by molar-refractivity contribution is 7.91. The molecular formula is C14H17F2NO5S. The summed E-state index contributed by atoms with van der Waals surface area (Å²) in [5.41, 5.74) is -0.0467. The summed E-state index contributed by atoms with van der Waals surface area (Å²) in [5.74, 6) is -4.86. The van der Waals surface area contributed by atoms with Crippen LogP contribution in [0.4, 0.5) is 8.78 Å². The minimum absolute atomic E-state index is 0.0467. The van der Waals surface area contributed by atoms with Gasteiger partial charge in [-0.2, -0.15) is 8.78 Å². The molecule has 1 aromatic carbocycles. The normalized spacial score (nSPS) is 12.7. The topological polar surface area (TPSA) is 89.5 Å². The number of benzene rings is 1. The van der Waals surface area contributed by atoms with Gasteiger partial charge in [0.05, 0.1) is 10.5 Å². The van der Waals surface area contributed by atoms with Gasteiger partial charge in [-0.15, -0.1) is 0 Å². The minimum atomic E-state index is -4.71. The Labute approximate surface area is 132 Å². The monoisotopic (exact) mass is 349 g/mol. The average Bonchev–Trinajstić information content (AvgIpc) is 2.52. The Bertz CT molecular complexity index is 658. The molecule has 128 valence electrons. The molecule has 0 saturated heterocycles. The van der Waals surface area contributed by atoms with E-state index < -0.39 is 39.0 Å². The van der Waals surface area contributed by atoms with E-state index in [1.807, 2.05) is 6.92 Å². The molecule has 6 nitrogen and oxygen atoms in total. The lowest BCUT2D eigenvalue weighted by Gasteiger charge is -2.11. The predicted molar refractivity (Wildman–Crippen MR) is 77.8 cm³/mol. The van der Waals surface area contributed by atoms with Gasteiger partial charge in [-0.1, -0.05) is 6.92 Å². The minimum Gasteiger partial charge on any atom is -0.452 e. The first-order valence-corrected chi connectivity index (χ1v) is 8.31. The summed E-state index contributed by atoms with van der Waals surface area (Å²) < 4.78 is 52.0. The second-order valence-electron chi connectivity index (χ2n) is 4.78. The van der Waals surface area contributed by atoms with Gasteiger partial charge in [-0.3, -0.25) is 4.79 Å². The Kier molecular flexibility index (Phi) is 6.62. The molecule has 0 radical (unpaired) electrons. The number of halogens is 2. The largest absolute Gasteiger partial charge is 0.452 e. The van der Waals surface area contributed by atoms with Crippen molar-refractivity contribution in [3.8, 4) is 0 Å². The van der Waals surface area contributed by atoms with Crippen LogP contribution in [-0.2, 0) is 19.4 Å². The van der Waals surface area contributed by atoms with Crippen molar-refractivity contribution in [1.82, 2.24) is 5.32 Å². The maximum absolute atomic E-state index is 12.4. The van der Waals surface area contributed by atoms with E-state index in [1.54, 1.807) is 6.92 Å². The fourth-order valence-corrected chi connectivity index (χ4v) is 2.24. The number of rotatable bonds is 7. The van der Waals surface area contributed by atoms with E-state index in [4.69, 9.17) is 4.74 Å². The van der Waals surface area contributed by atoms with Gasteiger partial charge in [0.15, 0.2) is 6.61 Å². The number of ether oxygens (including phenoxy) is 1. The van der Waals surface area contributed by atoms with E-state index in [0.717, 1.165) is 30.7 Å². The molecule has 0 aliphatic heterocycles. The van der Waals surface area contributed by atoms with Crippen LogP contribution in [0.15, 0.2) is 29.2 Å². The molecule has 1 amide bonds. The number of amides is 1. The van der Waals surface area contributed by atoms with Crippen LogP contribution in [0.25, 0.3) is 0 Å². The highest BCUT2D eigenvalue weighted by Crippen LogP contribution is 2.18. The highest BCUT2D eigenvalue weighted by atomic mass is 32.2. The second kappa shape index (κ2) is 8.00. The van der Waals surface area contributed by atoms with Gasteiger partial charge >= 0.3 is 11.7 Å². The lowest BCUT2D eigenvalue weighted by Crippen LogP contribution is -2.35. The zero-order valence-electron chi connectivity index (χ0n) is 12.6. The molecule has 9 heteroatoms. The van der Waals surface area contributed by atoms with Crippen LogP contribution in [0.3, 0.4) is 0 Å². The van der Waals surface area contributed by atoms with Crippen molar-refractivity contribution in [2.24, 2.45) is 0 Å². The van der Waals surface area contributed by atoms with E-state index in [-0.39, 0.29) is 11.6 Å². The second-order valence-corrected chi connectivity index (χ2v) is 6.70. The molecule has 0 aromatic heterocycles. The van der Waals surface area contributed by atoms with Crippen molar-refractivity contribution in [2.75, 3.05) is 6.61 Å². The molecule has 0 heterocycles. The lowest BCUT2D eigenvalue weighted by atomic mass is 10.2. The van der Waals surface area contributed by atoms with Gasteiger partial charge in [-0.05, 0) is 37.6 Å². The summed E-state index contributed by atoms with van der Waals surface area (Å²) in [4.78, 5) is 22.6. The van der Waals surface area contributed by atoms with Crippen molar-refractivity contribution in [3.05, 3.63) is 29.8 Å². The molecule has 0 unspecified atom stereocenters. The third-order valence-electron chi connectivity index (χ3n) is 3.01. The van der Waals surface area contributed by atoms with Crippen molar-refractivity contribution in [3.63, 3.8) is 0 Å². The Morgan fingerprint density at radius 2 is 1.78 bits per heavy atom. The Hall–Kier alpha value is -2.03. The zero-order chi connectivity index (χ0) is 17.6. The molecule has 0 fully saturated rings. The molecule has 0 bridgehead atoms. The Morgan fingerprint density at radius 3 is 2.26 bits per heavy atom. The number of alkyl halides is 2. The van der Waals surface area contributed by atoms with Crippen molar-refractivity contribution in [2.45, 2.75) is 37.0 Å². The van der Waals surface area contributed by atoms with Gasteiger partial charge in [-0.25, -0.2) is 13.2 Å². The first-order valence-electron chi connectivity index (χ1n) is 6.77. The molecule has 1 aromatic rings. The molecule has 1 rings (SSSR count). The SMILES string of the molecule is CC[C@@H](C)NC(=O)COC(=O)c1ccc(S(=O)(=O)C(F)F)cc1. The number of carbonyl (C=O) groups excluding carboxylic acids is 2. The smallest absolute Gasteiger partial charge is 0.341 e. The fourth-order valence-electron chi connectivity index (χ4n) is 1.52. The van der Waals surface area contributed by atoms with Crippen LogP contribution in [-0.4, -0.2) is 38.7 Å². The van der Waals surface area contributed by atoms with Crippen LogP contribution >= 0.6 is 0 Å². The number of hydrogen-bond donors (Lipinski definition) is 1. The molecule has 23 heavy (non-hydrogen) atoms. The molecule has 0 aliphatic rings. The Balaban J connectivity index is 2.67. The maximum Gasteiger partial charge on any atom is 0.341 e. The van der Waals surface area contributed by atoms with E-state index in [2.05, 4.69) is 5.32 Å². The standard InChI is InChI=1S/C14H17F2NO5S/c1-3-9(2)17-12(18)8-22-13(19)10-4-6-11(7-5-10)23(20,21)14(15)16/h4-7,9,14H,3,8H2,1-2H3,(H,17,18)/t9-/m1/s1. The summed E-state index contributed by atoms with van der Waals surface area (Å²) in [6.45, 7) is 3.19. The average molecular weight is 349 g/mol. The predicted octanol–water partition coefficient (Wildman–Crippen LogP) is 1.75. The number of carbonyl (C=O) groups is 2. The van der Waals surface area contributed by atoms with Crippen molar-refractivity contribution in [1.29, 1.82) is 0 Å². The molecule has 0 spiro atoms. The number of hydrogen-bond acceptors (Lipinski definition) is 5. The van der Waals surface area contributed by atoms with Crippen molar-refractivity contribution >= 4 is 21.7 Å². The number of esters is 1. The zero-order valence-corrected chi connectivity index (χ0v) is 13.4. The summed E-state index contributed by atoms with van der Waals surface area (Å²) in [5, 5.41) is 2.60. The van der Waals surface area contributed by atoms with Gasteiger partial charge < -0.3 is 10.1 Å². The molecule has 0 saturated carbocycles. The summed E-state index contributed by atoms with van der Waals surface area (Å²) in [7, 11) is -4.71. The van der Waals surface area contributed by atoms with Crippen LogP contribution < -0.4 is 5.32 Å². The van der Waals surface area contributed by atoms with E-state index in [0.29, 0.717) is 0 Å². The van der Waals surface area contributed by atoms with Crippen LogP contribution in [0.1, 0.15) is 30.6 Å². The molecular weight excluding hydrogens is 332 g/mol. The quantitative estimate of drug-likeness (QED) is 0.758. The number of sulfone groups is 1. The van der Waals surface area contributed by atoms with Crippen LogP contribution in [0.2, 0.25) is 0 Å². The molecule has 1 atom stereocenters. The van der Waals surface area contributed by atoms with Crippen LogP contribution in [0.5, 0.6) is 0 Å². The lowest BCUT2D eigenvalue weighted by molar-refractivity contribution is -0.124. The number of nitrogens with one attached hydrogen (secondary N) is 1. The summed E-state index contributed by atoms with van der Waals surface area (Å²) >= 11 is 0. The molecule has 1 N–H and O–H groups in total. The van der Waals surface area contributed by atoms with Gasteiger partial charge in [0.25, 0.3) is 5.91 Å². The van der Waals surface area contributed by atoms with Gasteiger partial charge in [0, 0.05) is 6.04 Å². The maximum atomic E-state index is 12.4. The van der Waals surface area contributed by atoms with Gasteiger partial charge in [0.2, 0.25) is 9.84 Å². The van der Waals surface area contributed by atoms with E-state index >= 15 is 0 Å². The first-order chi connectivity index (χ1) is 10.7. The molecule has 0 aliphatic carbocycles. The Morgan fingerprint density at radius 1 is 1.22 bits per heavy atom. The summed E-state index contributed by atoms with van der Waals surface area (Å²) in [6, 6.07) is 3.81. The van der Waals surface area contributed by atoms with Gasteiger partial charge in [0.1, 0.15) is 0 Å². The fraction of sp³-hybridized carbons (Fsp3) is 0.429. The third-order valence-corrected chi connectivity index (χ3v) is 4.41. The highest BCUT2D eigenvalue weighted by Gasteiger charge is 2.26. The summed E-state index contributed by atoms with van der Waals surface area (Å²) in [6.07, 6.45) is 0.722. The van der Waals surface area contributed by atoms with Crippen LogP contribution in [0, 0.1) is 0 Å². The van der Waals surface area contributed by atoms with E-state index in [1.165, 1.54) is 0 Å².